The summed E-state index contributed by atoms with van der Waals surface area (Å²) in [6.07, 6.45) is 5.78. The highest BCUT2D eigenvalue weighted by atomic mass is 16.5. The maximum absolute atomic E-state index is 12.9. The fourth-order valence-electron chi connectivity index (χ4n) is 3.02. The average molecular weight is 280 g/mol. The zero-order valence-electron chi connectivity index (χ0n) is 11.6. The van der Waals surface area contributed by atoms with Gasteiger partial charge < -0.3 is 10.1 Å². The van der Waals surface area contributed by atoms with Gasteiger partial charge in [0.25, 0.3) is 5.56 Å². The maximum Gasteiger partial charge on any atom is 0.263 e. The smallest absolute Gasteiger partial charge is 0.263 e. The Balaban J connectivity index is 2.07. The summed E-state index contributed by atoms with van der Waals surface area (Å²) in [4.78, 5) is 12.9. The number of para-hydroxylation sites is 1. The van der Waals surface area contributed by atoms with Crippen LogP contribution in [0.15, 0.2) is 41.2 Å². The van der Waals surface area contributed by atoms with Crippen molar-refractivity contribution in [3.8, 4) is 11.4 Å². The molecule has 0 atom stereocenters. The summed E-state index contributed by atoms with van der Waals surface area (Å²) in [7, 11) is 0. The van der Waals surface area contributed by atoms with Crippen LogP contribution in [-0.4, -0.2) is 17.7 Å². The Hall–Kier alpha value is -2.49. The third-order valence-corrected chi connectivity index (χ3v) is 3.96. The number of nitrogens with one attached hydrogen (secondary N) is 1. The van der Waals surface area contributed by atoms with E-state index in [-0.39, 0.29) is 5.56 Å². The number of benzene rings is 1. The molecule has 2 aromatic rings. The summed E-state index contributed by atoms with van der Waals surface area (Å²) >= 11 is 0. The molecule has 0 saturated carbocycles. The molecular formula is C17H16N2O2. The van der Waals surface area contributed by atoms with Gasteiger partial charge in [0.2, 0.25) is 0 Å². The Labute approximate surface area is 122 Å². The molecule has 4 heteroatoms. The Kier molecular flexibility index (Phi) is 2.81. The van der Waals surface area contributed by atoms with E-state index in [1.54, 1.807) is 4.57 Å². The Morgan fingerprint density at radius 3 is 2.90 bits per heavy atom. The number of nitrogens with zero attached hydrogens (tertiary/aromatic N) is 1. The van der Waals surface area contributed by atoms with Crippen LogP contribution >= 0.6 is 0 Å². The minimum Gasteiger partial charge on any atom is -0.492 e. The molecule has 0 spiro atoms. The van der Waals surface area contributed by atoms with Gasteiger partial charge in [0, 0.05) is 6.54 Å². The number of hydrogen-bond acceptors (Lipinski definition) is 3. The fraction of sp³-hybridized carbons (Fsp3) is 0.235. The van der Waals surface area contributed by atoms with E-state index < -0.39 is 0 Å². The second-order valence-electron chi connectivity index (χ2n) is 5.28. The summed E-state index contributed by atoms with van der Waals surface area (Å²) < 4.78 is 7.56. The van der Waals surface area contributed by atoms with Gasteiger partial charge in [-0.3, -0.25) is 9.36 Å². The van der Waals surface area contributed by atoms with Gasteiger partial charge in [-0.05, 0) is 31.1 Å². The van der Waals surface area contributed by atoms with Crippen molar-refractivity contribution in [2.24, 2.45) is 0 Å². The predicted molar refractivity (Wildman–Crippen MR) is 83.4 cm³/mol. The van der Waals surface area contributed by atoms with Crippen molar-refractivity contribution in [3.63, 3.8) is 0 Å². The van der Waals surface area contributed by atoms with Crippen LogP contribution in [0.2, 0.25) is 0 Å². The summed E-state index contributed by atoms with van der Waals surface area (Å²) in [6, 6.07) is 9.76. The molecule has 0 bridgehead atoms. The van der Waals surface area contributed by atoms with Gasteiger partial charge in [-0.2, -0.15) is 0 Å². The minimum absolute atomic E-state index is 0.0254. The molecule has 21 heavy (non-hydrogen) atoms. The van der Waals surface area contributed by atoms with Crippen molar-refractivity contribution in [2.75, 3.05) is 18.5 Å². The van der Waals surface area contributed by atoms with Crippen LogP contribution in [0.25, 0.3) is 11.8 Å². The van der Waals surface area contributed by atoms with E-state index in [0.717, 1.165) is 47.8 Å². The Morgan fingerprint density at radius 1 is 1.19 bits per heavy atom. The summed E-state index contributed by atoms with van der Waals surface area (Å²) in [5, 5.41) is 3.32. The number of pyridine rings is 1. The van der Waals surface area contributed by atoms with Gasteiger partial charge in [-0.25, -0.2) is 0 Å². The fourth-order valence-corrected chi connectivity index (χ4v) is 3.02. The van der Waals surface area contributed by atoms with Gasteiger partial charge in [-0.15, -0.1) is 0 Å². The van der Waals surface area contributed by atoms with E-state index in [1.807, 2.05) is 30.3 Å². The van der Waals surface area contributed by atoms with Gasteiger partial charge in [0.1, 0.15) is 11.6 Å². The minimum atomic E-state index is 0.0254. The third-order valence-electron chi connectivity index (χ3n) is 3.96. The molecule has 1 aromatic carbocycles. The van der Waals surface area contributed by atoms with Crippen molar-refractivity contribution in [1.82, 2.24) is 4.57 Å². The molecule has 1 N–H and O–H groups in total. The van der Waals surface area contributed by atoms with E-state index in [0.29, 0.717) is 6.61 Å². The highest BCUT2D eigenvalue weighted by Gasteiger charge is 2.25. The van der Waals surface area contributed by atoms with Crippen LogP contribution in [0.5, 0.6) is 5.75 Å². The van der Waals surface area contributed by atoms with Crippen LogP contribution < -0.4 is 15.6 Å². The van der Waals surface area contributed by atoms with E-state index in [9.17, 15) is 4.79 Å². The normalized spacial score (nSPS) is 15.6. The number of aromatic nitrogens is 1. The molecular weight excluding hydrogens is 264 g/mol. The molecule has 0 radical (unpaired) electrons. The van der Waals surface area contributed by atoms with Gasteiger partial charge in [0.05, 0.1) is 23.4 Å². The summed E-state index contributed by atoms with van der Waals surface area (Å²) in [5.74, 6) is 1.59. The lowest BCUT2D eigenvalue weighted by atomic mass is 10.0. The molecule has 3 heterocycles. The van der Waals surface area contributed by atoms with E-state index >= 15 is 0 Å². The standard InChI is InChI=1S/C17H16N2O2/c20-17-14-9-5-11-21-15(14)13-8-4-10-18-16(13)19(17)12-6-2-1-3-7-12/h1-4,6-8,18H,5,9-11H2. The van der Waals surface area contributed by atoms with Crippen molar-refractivity contribution < 1.29 is 4.74 Å². The molecule has 0 aliphatic carbocycles. The zero-order valence-corrected chi connectivity index (χ0v) is 11.6. The van der Waals surface area contributed by atoms with Crippen LogP contribution in [0.1, 0.15) is 17.5 Å². The molecule has 2 aliphatic rings. The van der Waals surface area contributed by atoms with Crippen molar-refractivity contribution in [1.29, 1.82) is 0 Å². The van der Waals surface area contributed by atoms with Gasteiger partial charge >= 0.3 is 0 Å². The summed E-state index contributed by atoms with van der Waals surface area (Å²) in [6.45, 7) is 1.40. The first-order chi connectivity index (χ1) is 10.4. The number of fused-ring (bicyclic) bond motifs is 3. The van der Waals surface area contributed by atoms with E-state index in [1.165, 1.54) is 0 Å². The monoisotopic (exact) mass is 280 g/mol. The Bertz CT molecular complexity index is 776. The predicted octanol–water partition coefficient (Wildman–Crippen LogP) is 2.60. The Morgan fingerprint density at radius 2 is 2.05 bits per heavy atom. The van der Waals surface area contributed by atoms with Gasteiger partial charge in [-0.1, -0.05) is 24.3 Å². The lowest BCUT2D eigenvalue weighted by Crippen LogP contribution is -2.30. The summed E-state index contributed by atoms with van der Waals surface area (Å²) in [5.41, 5.74) is 2.68. The highest BCUT2D eigenvalue weighted by Crippen LogP contribution is 2.35. The first kappa shape index (κ1) is 12.3. The second kappa shape index (κ2) is 4.81. The van der Waals surface area contributed by atoms with E-state index in [2.05, 4.69) is 17.5 Å². The first-order valence-electron chi connectivity index (χ1n) is 7.27. The van der Waals surface area contributed by atoms with Gasteiger partial charge in [0.15, 0.2) is 0 Å². The van der Waals surface area contributed by atoms with Crippen LogP contribution in [0.4, 0.5) is 5.82 Å². The molecule has 4 nitrogen and oxygen atoms in total. The largest absolute Gasteiger partial charge is 0.492 e. The van der Waals surface area contributed by atoms with Crippen molar-refractivity contribution >= 4 is 11.9 Å². The van der Waals surface area contributed by atoms with Crippen molar-refractivity contribution in [2.45, 2.75) is 12.8 Å². The topological polar surface area (TPSA) is 43.3 Å². The molecule has 0 unspecified atom stereocenters. The number of rotatable bonds is 1. The molecule has 4 rings (SSSR count). The quantitative estimate of drug-likeness (QED) is 0.873. The molecule has 1 aromatic heterocycles. The van der Waals surface area contributed by atoms with Crippen LogP contribution in [0, 0.1) is 0 Å². The van der Waals surface area contributed by atoms with Crippen molar-refractivity contribution in [3.05, 3.63) is 57.9 Å². The molecule has 0 saturated heterocycles. The maximum atomic E-state index is 12.9. The molecule has 0 fully saturated rings. The molecule has 106 valence electrons. The average Bonchev–Trinajstić information content (AvgIpc) is 2.56. The zero-order chi connectivity index (χ0) is 14.2. The second-order valence-corrected chi connectivity index (χ2v) is 5.28. The third kappa shape index (κ3) is 1.87. The van der Waals surface area contributed by atoms with Crippen LogP contribution in [0.3, 0.4) is 0 Å². The lowest BCUT2D eigenvalue weighted by Gasteiger charge is -2.26. The number of hydrogen-bond donors (Lipinski definition) is 1. The highest BCUT2D eigenvalue weighted by molar-refractivity contribution is 5.75. The molecule has 2 aliphatic heterocycles. The first-order valence-corrected chi connectivity index (χ1v) is 7.27. The lowest BCUT2D eigenvalue weighted by molar-refractivity contribution is 0.286. The van der Waals surface area contributed by atoms with Crippen LogP contribution in [-0.2, 0) is 6.42 Å². The SMILES string of the molecule is O=c1c2c(c3c(n1-c1ccccc1)NCC=C3)OCCC2. The number of ether oxygens (including phenoxy) is 1. The number of anilines is 1. The molecule has 0 amide bonds. The van der Waals surface area contributed by atoms with E-state index in [4.69, 9.17) is 4.74 Å².